The van der Waals surface area contributed by atoms with Gasteiger partial charge in [-0.3, -0.25) is 24.3 Å². The summed E-state index contributed by atoms with van der Waals surface area (Å²) < 4.78 is 0. The molecule has 1 fully saturated rings. The number of fused-ring (bicyclic) bond motifs is 1. The van der Waals surface area contributed by atoms with Gasteiger partial charge in [0.25, 0.3) is 11.1 Å². The Hall–Kier alpha value is -3.39. The van der Waals surface area contributed by atoms with Crippen LogP contribution >= 0.6 is 11.8 Å². The molecule has 30 heavy (non-hydrogen) atoms. The normalized spacial score (nSPS) is 15.3. The summed E-state index contributed by atoms with van der Waals surface area (Å²) in [6.07, 6.45) is 7.80. The number of hydrogen-bond acceptors (Lipinski definition) is 5. The molecule has 3 heterocycles. The number of hydrogen-bond donors (Lipinski definition) is 2. The molecule has 0 radical (unpaired) electrons. The van der Waals surface area contributed by atoms with Crippen LogP contribution in [0.25, 0.3) is 17.0 Å². The van der Waals surface area contributed by atoms with E-state index >= 15 is 0 Å². The zero-order chi connectivity index (χ0) is 20.9. The average Bonchev–Trinajstić information content (AvgIpc) is 3.29. The van der Waals surface area contributed by atoms with Crippen LogP contribution < -0.4 is 5.32 Å². The molecule has 4 rings (SSSR count). The van der Waals surface area contributed by atoms with Crippen LogP contribution in [0, 0.1) is 0 Å². The smallest absolute Gasteiger partial charge is 0.293 e. The highest BCUT2D eigenvalue weighted by molar-refractivity contribution is 8.18. The fourth-order valence-corrected chi connectivity index (χ4v) is 4.15. The molecule has 3 aromatic rings. The number of benzene rings is 1. The van der Waals surface area contributed by atoms with Crippen molar-refractivity contribution in [1.82, 2.24) is 20.2 Å². The van der Waals surface area contributed by atoms with Gasteiger partial charge in [0.15, 0.2) is 0 Å². The maximum Gasteiger partial charge on any atom is 0.293 e. The number of imide groups is 1. The molecule has 1 aromatic carbocycles. The third kappa shape index (κ3) is 4.44. The maximum absolute atomic E-state index is 12.5. The Balaban J connectivity index is 1.26. The van der Waals surface area contributed by atoms with Crippen LogP contribution in [0.3, 0.4) is 0 Å². The van der Waals surface area contributed by atoms with Gasteiger partial charge in [-0.05, 0) is 47.5 Å². The Labute approximate surface area is 177 Å². The Bertz CT molecular complexity index is 1120. The second kappa shape index (κ2) is 8.96. The van der Waals surface area contributed by atoms with E-state index in [-0.39, 0.29) is 30.1 Å². The van der Waals surface area contributed by atoms with Crippen molar-refractivity contribution in [3.8, 4) is 0 Å². The minimum absolute atomic E-state index is 0.113. The standard InChI is InChI=1S/C22H20N4O3S/c27-20(8-7-16-14-25-18-6-2-1-5-17(16)18)24-10-11-26-21(28)19(30-22(26)29)12-15-4-3-9-23-13-15/h1-6,9,12-14,25H,7-8,10-11H2,(H,24,27)/b19-12-. The first kappa shape index (κ1) is 19.9. The van der Waals surface area contributed by atoms with Gasteiger partial charge < -0.3 is 10.3 Å². The van der Waals surface area contributed by atoms with Crippen LogP contribution in [-0.4, -0.2) is 45.0 Å². The van der Waals surface area contributed by atoms with Gasteiger partial charge in [-0.25, -0.2) is 0 Å². The number of carbonyl (C=O) groups excluding carboxylic acids is 3. The van der Waals surface area contributed by atoms with Gasteiger partial charge in [0, 0.05) is 49.0 Å². The van der Waals surface area contributed by atoms with Gasteiger partial charge in [0.2, 0.25) is 5.91 Å². The van der Waals surface area contributed by atoms with E-state index in [9.17, 15) is 14.4 Å². The molecule has 3 amide bonds. The number of thioether (sulfide) groups is 1. The Morgan fingerprint density at radius 1 is 1.20 bits per heavy atom. The van der Waals surface area contributed by atoms with Crippen LogP contribution in [0.5, 0.6) is 0 Å². The van der Waals surface area contributed by atoms with E-state index in [1.54, 1.807) is 24.5 Å². The first-order chi connectivity index (χ1) is 14.6. The topological polar surface area (TPSA) is 95.2 Å². The molecule has 0 saturated carbocycles. The van der Waals surface area contributed by atoms with Gasteiger partial charge in [-0.15, -0.1) is 0 Å². The summed E-state index contributed by atoms with van der Waals surface area (Å²) in [6, 6.07) is 11.5. The van der Waals surface area contributed by atoms with Crippen LogP contribution in [0.15, 0.2) is 59.9 Å². The second-order valence-corrected chi connectivity index (χ2v) is 7.82. The number of nitrogens with one attached hydrogen (secondary N) is 2. The lowest BCUT2D eigenvalue weighted by atomic mass is 10.1. The molecule has 1 aliphatic heterocycles. The highest BCUT2D eigenvalue weighted by atomic mass is 32.2. The zero-order valence-corrected chi connectivity index (χ0v) is 16.9. The third-order valence-corrected chi connectivity index (χ3v) is 5.72. The molecule has 8 heteroatoms. The summed E-state index contributed by atoms with van der Waals surface area (Å²) in [7, 11) is 0. The maximum atomic E-state index is 12.5. The zero-order valence-electron chi connectivity index (χ0n) is 16.1. The Morgan fingerprint density at radius 3 is 2.90 bits per heavy atom. The molecule has 7 nitrogen and oxygen atoms in total. The number of rotatable bonds is 7. The quantitative estimate of drug-likeness (QED) is 0.572. The number of nitrogens with zero attached hydrogens (tertiary/aromatic N) is 2. The van der Waals surface area contributed by atoms with Gasteiger partial charge in [-0.1, -0.05) is 24.3 Å². The lowest BCUT2D eigenvalue weighted by Crippen LogP contribution is -2.37. The Morgan fingerprint density at radius 2 is 2.07 bits per heavy atom. The van der Waals surface area contributed by atoms with E-state index in [1.807, 2.05) is 36.5 Å². The molecule has 0 aliphatic carbocycles. The van der Waals surface area contributed by atoms with Gasteiger partial charge in [0.05, 0.1) is 4.91 Å². The van der Waals surface area contributed by atoms with E-state index in [1.165, 1.54) is 0 Å². The molecule has 1 aliphatic rings. The van der Waals surface area contributed by atoms with Crippen molar-refractivity contribution < 1.29 is 14.4 Å². The van der Waals surface area contributed by atoms with Crippen LogP contribution in [-0.2, 0) is 16.0 Å². The molecule has 1 saturated heterocycles. The van der Waals surface area contributed by atoms with Gasteiger partial charge >= 0.3 is 0 Å². The molecule has 0 spiro atoms. The van der Waals surface area contributed by atoms with Crippen molar-refractivity contribution >= 4 is 45.8 Å². The molecule has 152 valence electrons. The lowest BCUT2D eigenvalue weighted by Gasteiger charge is -2.13. The lowest BCUT2D eigenvalue weighted by molar-refractivity contribution is -0.124. The van der Waals surface area contributed by atoms with E-state index in [2.05, 4.69) is 15.3 Å². The second-order valence-electron chi connectivity index (χ2n) is 6.83. The summed E-state index contributed by atoms with van der Waals surface area (Å²) in [5.74, 6) is -0.458. The summed E-state index contributed by atoms with van der Waals surface area (Å²) >= 11 is 0.900. The van der Waals surface area contributed by atoms with Crippen molar-refractivity contribution in [2.75, 3.05) is 13.1 Å². The van der Waals surface area contributed by atoms with Crippen LogP contribution in [0.4, 0.5) is 4.79 Å². The van der Waals surface area contributed by atoms with Crippen molar-refractivity contribution in [2.45, 2.75) is 12.8 Å². The monoisotopic (exact) mass is 420 g/mol. The third-order valence-electron chi connectivity index (χ3n) is 4.81. The predicted octanol–water partition coefficient (Wildman–Crippen LogP) is 3.35. The number of H-pyrrole nitrogens is 1. The SMILES string of the molecule is O=C(CCc1c[nH]c2ccccc12)NCCN1C(=O)S/C(=C\c2cccnc2)C1=O. The van der Waals surface area contributed by atoms with E-state index in [0.717, 1.165) is 38.7 Å². The fraction of sp³-hybridized carbons (Fsp3) is 0.182. The number of carbonyl (C=O) groups is 3. The van der Waals surface area contributed by atoms with E-state index in [4.69, 9.17) is 0 Å². The van der Waals surface area contributed by atoms with Crippen molar-refractivity contribution in [3.05, 3.63) is 71.0 Å². The summed E-state index contributed by atoms with van der Waals surface area (Å²) in [4.78, 5) is 45.5. The first-order valence-corrected chi connectivity index (χ1v) is 10.4. The number of pyridine rings is 1. The van der Waals surface area contributed by atoms with Crippen LogP contribution in [0.2, 0.25) is 0 Å². The molecule has 0 atom stereocenters. The fourth-order valence-electron chi connectivity index (χ4n) is 3.29. The molecule has 2 aromatic heterocycles. The molecular weight excluding hydrogens is 400 g/mol. The predicted molar refractivity (Wildman–Crippen MR) is 117 cm³/mol. The van der Waals surface area contributed by atoms with E-state index < -0.39 is 0 Å². The highest BCUT2D eigenvalue weighted by Crippen LogP contribution is 2.31. The summed E-state index contributed by atoms with van der Waals surface area (Å²) in [6.45, 7) is 0.374. The Kier molecular flexibility index (Phi) is 5.94. The van der Waals surface area contributed by atoms with Crippen molar-refractivity contribution in [1.29, 1.82) is 0 Å². The molecule has 0 bridgehead atoms. The van der Waals surface area contributed by atoms with Gasteiger partial charge in [-0.2, -0.15) is 0 Å². The average molecular weight is 420 g/mol. The number of aromatic amines is 1. The van der Waals surface area contributed by atoms with Crippen molar-refractivity contribution in [3.63, 3.8) is 0 Å². The summed E-state index contributed by atoms with van der Waals surface area (Å²) in [5.41, 5.74) is 2.90. The molecule has 0 unspecified atom stereocenters. The minimum Gasteiger partial charge on any atom is -0.361 e. The number of aryl methyl sites for hydroxylation is 1. The number of amides is 3. The number of aromatic nitrogens is 2. The van der Waals surface area contributed by atoms with Crippen LogP contribution in [0.1, 0.15) is 17.5 Å². The van der Waals surface area contributed by atoms with Gasteiger partial charge in [0.1, 0.15) is 0 Å². The largest absolute Gasteiger partial charge is 0.361 e. The minimum atomic E-state index is -0.345. The van der Waals surface area contributed by atoms with Crippen molar-refractivity contribution in [2.24, 2.45) is 0 Å². The highest BCUT2D eigenvalue weighted by Gasteiger charge is 2.34. The summed E-state index contributed by atoms with van der Waals surface area (Å²) in [5, 5.41) is 3.58. The molecule has 2 N–H and O–H groups in total. The van der Waals surface area contributed by atoms with E-state index in [0.29, 0.717) is 17.7 Å². The number of para-hydroxylation sites is 1. The first-order valence-electron chi connectivity index (χ1n) is 9.59. The molecular formula is C22H20N4O3S.